The molecule has 0 fully saturated rings. The van der Waals surface area contributed by atoms with Crippen LogP contribution in [0.5, 0.6) is 11.5 Å². The minimum Gasteiger partial charge on any atom is -0.486 e. The third-order valence-corrected chi connectivity index (χ3v) is 4.36. The Morgan fingerprint density at radius 2 is 1.81 bits per heavy atom. The zero-order valence-electron chi connectivity index (χ0n) is 15.8. The van der Waals surface area contributed by atoms with Gasteiger partial charge in [-0.2, -0.15) is 0 Å². The van der Waals surface area contributed by atoms with Gasteiger partial charge in [0.25, 0.3) is 5.91 Å². The average molecular weight is 368 g/mol. The molecule has 6 heteroatoms. The molecule has 1 amide bonds. The molecule has 1 N–H and O–H groups in total. The number of hydrogen-bond acceptors (Lipinski definition) is 5. The highest BCUT2D eigenvalue weighted by Gasteiger charge is 2.22. The highest BCUT2D eigenvalue weighted by molar-refractivity contribution is 5.95. The lowest BCUT2D eigenvalue weighted by molar-refractivity contribution is 0.0925. The van der Waals surface area contributed by atoms with Gasteiger partial charge in [0.15, 0.2) is 11.5 Å². The number of amides is 1. The normalized spacial score (nSPS) is 14.2. The number of carbonyl (C=O) groups excluding carboxylic acids is 1. The molecule has 0 saturated heterocycles. The minimum atomic E-state index is -0.136. The van der Waals surface area contributed by atoms with Crippen LogP contribution in [0, 0.1) is 5.92 Å². The van der Waals surface area contributed by atoms with Crippen molar-refractivity contribution < 1.29 is 19.1 Å². The zero-order valence-corrected chi connectivity index (χ0v) is 15.8. The van der Waals surface area contributed by atoms with E-state index in [4.69, 9.17) is 9.47 Å². The van der Waals surface area contributed by atoms with Crippen LogP contribution in [0.25, 0.3) is 0 Å². The summed E-state index contributed by atoms with van der Waals surface area (Å²) < 4.78 is 11.2. The molecule has 3 rings (SSSR count). The Bertz CT molecular complexity index is 815. The van der Waals surface area contributed by atoms with Crippen LogP contribution in [0.2, 0.25) is 0 Å². The number of oxime groups is 1. The summed E-state index contributed by atoms with van der Waals surface area (Å²) in [7, 11) is 1.49. The number of nitrogens with zero attached hydrogens (tertiary/aromatic N) is 1. The maximum absolute atomic E-state index is 12.7. The van der Waals surface area contributed by atoms with Crippen molar-refractivity contribution in [3.05, 3.63) is 59.2 Å². The second-order valence-electron chi connectivity index (χ2n) is 6.64. The highest BCUT2D eigenvalue weighted by atomic mass is 16.6. The summed E-state index contributed by atoms with van der Waals surface area (Å²) in [5.41, 5.74) is 2.44. The first-order valence-electron chi connectivity index (χ1n) is 8.95. The van der Waals surface area contributed by atoms with Gasteiger partial charge in [-0.3, -0.25) is 4.79 Å². The molecule has 1 aliphatic rings. The molecule has 1 unspecified atom stereocenters. The van der Waals surface area contributed by atoms with Crippen molar-refractivity contribution in [3.63, 3.8) is 0 Å². The summed E-state index contributed by atoms with van der Waals surface area (Å²) in [6.45, 7) is 5.24. The molecular weight excluding hydrogens is 344 g/mol. The van der Waals surface area contributed by atoms with Crippen LogP contribution in [0.4, 0.5) is 0 Å². The molecule has 1 heterocycles. The van der Waals surface area contributed by atoms with E-state index in [1.54, 1.807) is 18.3 Å². The molecule has 142 valence electrons. The predicted molar refractivity (Wildman–Crippen MR) is 104 cm³/mol. The first-order valence-corrected chi connectivity index (χ1v) is 8.95. The molecule has 6 nitrogen and oxygen atoms in total. The lowest BCUT2D eigenvalue weighted by Gasteiger charge is -2.25. The Morgan fingerprint density at radius 3 is 2.48 bits per heavy atom. The fourth-order valence-electron chi connectivity index (χ4n) is 2.95. The average Bonchev–Trinajstić information content (AvgIpc) is 2.70. The van der Waals surface area contributed by atoms with E-state index in [1.807, 2.05) is 30.3 Å². The van der Waals surface area contributed by atoms with Crippen LogP contribution in [0.15, 0.2) is 47.6 Å². The molecule has 0 aliphatic carbocycles. The lowest BCUT2D eigenvalue weighted by atomic mass is 9.95. The third kappa shape index (κ3) is 4.58. The lowest BCUT2D eigenvalue weighted by Crippen LogP contribution is -2.32. The molecular formula is C21H24N2O4. The molecule has 0 aromatic heterocycles. The van der Waals surface area contributed by atoms with Gasteiger partial charge in [0.1, 0.15) is 20.3 Å². The summed E-state index contributed by atoms with van der Waals surface area (Å²) in [5, 5.41) is 6.84. The molecule has 0 bridgehead atoms. The van der Waals surface area contributed by atoms with Gasteiger partial charge in [-0.15, -0.1) is 0 Å². The highest BCUT2D eigenvalue weighted by Crippen LogP contribution is 2.34. The van der Waals surface area contributed by atoms with Gasteiger partial charge in [0.2, 0.25) is 0 Å². The van der Waals surface area contributed by atoms with Crippen molar-refractivity contribution in [1.82, 2.24) is 5.32 Å². The van der Waals surface area contributed by atoms with Crippen molar-refractivity contribution in [2.45, 2.75) is 19.9 Å². The van der Waals surface area contributed by atoms with Gasteiger partial charge in [0, 0.05) is 5.56 Å². The molecule has 2 aromatic rings. The quantitative estimate of drug-likeness (QED) is 0.625. The predicted octanol–water partition coefficient (Wildman–Crippen LogP) is 3.57. The Balaban J connectivity index is 1.76. The third-order valence-electron chi connectivity index (χ3n) is 4.36. The Kier molecular flexibility index (Phi) is 5.96. The summed E-state index contributed by atoms with van der Waals surface area (Å²) in [4.78, 5) is 17.4. The fraction of sp³-hybridized carbons (Fsp3) is 0.333. The van der Waals surface area contributed by atoms with Gasteiger partial charge >= 0.3 is 0 Å². The first-order chi connectivity index (χ1) is 13.1. The number of carbonyl (C=O) groups is 1. The number of rotatable bonds is 6. The number of fused-ring (bicyclic) bond motifs is 1. The smallest absolute Gasteiger partial charge is 0.251 e. The van der Waals surface area contributed by atoms with Crippen LogP contribution >= 0.6 is 0 Å². The largest absolute Gasteiger partial charge is 0.486 e. The van der Waals surface area contributed by atoms with E-state index in [0.29, 0.717) is 18.8 Å². The fourth-order valence-corrected chi connectivity index (χ4v) is 2.95. The molecule has 27 heavy (non-hydrogen) atoms. The monoisotopic (exact) mass is 368 g/mol. The van der Waals surface area contributed by atoms with E-state index in [0.717, 1.165) is 22.6 Å². The Labute approximate surface area is 159 Å². The molecule has 1 aliphatic heterocycles. The van der Waals surface area contributed by atoms with Crippen molar-refractivity contribution >= 4 is 12.1 Å². The molecule has 2 aromatic carbocycles. The Morgan fingerprint density at radius 1 is 1.11 bits per heavy atom. The van der Waals surface area contributed by atoms with Gasteiger partial charge in [0.05, 0.1) is 12.3 Å². The van der Waals surface area contributed by atoms with E-state index in [-0.39, 0.29) is 17.9 Å². The zero-order chi connectivity index (χ0) is 19.2. The number of hydrogen-bond donors (Lipinski definition) is 1. The standard InChI is InChI=1S/C21H24N2O4/c1-14(2)20(17-8-9-18-19(12-17)27-11-10-26-18)23-21(24)16-6-4-15(5-7-16)13-22-25-3/h4-9,12-14,20H,10-11H2,1-3H3,(H,23,24)/b22-13+. The first kappa shape index (κ1) is 18.8. The van der Waals surface area contributed by atoms with Crippen LogP contribution < -0.4 is 14.8 Å². The van der Waals surface area contributed by atoms with Crippen molar-refractivity contribution in [2.75, 3.05) is 20.3 Å². The van der Waals surface area contributed by atoms with E-state index in [2.05, 4.69) is 29.2 Å². The summed E-state index contributed by atoms with van der Waals surface area (Å²) in [6, 6.07) is 12.9. The van der Waals surface area contributed by atoms with E-state index in [9.17, 15) is 4.79 Å². The number of benzene rings is 2. The van der Waals surface area contributed by atoms with Crippen molar-refractivity contribution in [3.8, 4) is 11.5 Å². The molecule has 0 saturated carbocycles. The maximum atomic E-state index is 12.7. The molecule has 0 spiro atoms. The van der Waals surface area contributed by atoms with Crippen LogP contribution in [0.1, 0.15) is 41.4 Å². The van der Waals surface area contributed by atoms with Gasteiger partial charge in [-0.05, 0) is 41.3 Å². The SMILES string of the molecule is CO/N=C/c1ccc(C(=O)NC(c2ccc3c(c2)OCCO3)C(C)C)cc1. The Hall–Kier alpha value is -3.02. The molecule has 0 radical (unpaired) electrons. The van der Waals surface area contributed by atoms with Crippen LogP contribution in [-0.2, 0) is 4.84 Å². The molecule has 1 atom stereocenters. The van der Waals surface area contributed by atoms with Crippen LogP contribution in [0.3, 0.4) is 0 Å². The van der Waals surface area contributed by atoms with Crippen LogP contribution in [-0.4, -0.2) is 32.4 Å². The van der Waals surface area contributed by atoms with E-state index >= 15 is 0 Å². The summed E-state index contributed by atoms with van der Waals surface area (Å²) in [6.07, 6.45) is 1.59. The summed E-state index contributed by atoms with van der Waals surface area (Å²) in [5.74, 6) is 1.55. The second kappa shape index (κ2) is 8.58. The summed E-state index contributed by atoms with van der Waals surface area (Å²) >= 11 is 0. The van der Waals surface area contributed by atoms with E-state index < -0.39 is 0 Å². The van der Waals surface area contributed by atoms with Crippen molar-refractivity contribution in [1.29, 1.82) is 0 Å². The van der Waals surface area contributed by atoms with Crippen molar-refractivity contribution in [2.24, 2.45) is 11.1 Å². The van der Waals surface area contributed by atoms with Gasteiger partial charge in [-0.25, -0.2) is 0 Å². The number of nitrogens with one attached hydrogen (secondary N) is 1. The van der Waals surface area contributed by atoms with E-state index in [1.165, 1.54) is 7.11 Å². The van der Waals surface area contributed by atoms with Gasteiger partial charge < -0.3 is 19.6 Å². The van der Waals surface area contributed by atoms with Gasteiger partial charge in [-0.1, -0.05) is 37.2 Å². The minimum absolute atomic E-state index is 0.126. The topological polar surface area (TPSA) is 69.2 Å². The maximum Gasteiger partial charge on any atom is 0.251 e. The second-order valence-corrected chi connectivity index (χ2v) is 6.64. The number of ether oxygens (including phenoxy) is 2.